The third-order valence-corrected chi connectivity index (χ3v) is 7.35. The molecule has 5 rings (SSSR count). The van der Waals surface area contributed by atoms with Gasteiger partial charge in [0, 0.05) is 61.8 Å². The Labute approximate surface area is 246 Å². The second kappa shape index (κ2) is 12.9. The van der Waals surface area contributed by atoms with E-state index in [-0.39, 0.29) is 23.7 Å². The second-order valence-corrected chi connectivity index (χ2v) is 10.9. The van der Waals surface area contributed by atoms with Crippen LogP contribution in [0.15, 0.2) is 73.2 Å². The number of aromatic nitrogens is 3. The summed E-state index contributed by atoms with van der Waals surface area (Å²) >= 11 is 0. The van der Waals surface area contributed by atoms with Crippen molar-refractivity contribution in [2.75, 3.05) is 46.1 Å². The van der Waals surface area contributed by atoms with Crippen molar-refractivity contribution in [3.8, 4) is 28.0 Å². The number of benzene rings is 2. The van der Waals surface area contributed by atoms with Gasteiger partial charge in [0.2, 0.25) is 0 Å². The molecule has 3 N–H and O–H groups in total. The van der Waals surface area contributed by atoms with Crippen LogP contribution in [0.4, 0.5) is 5.82 Å². The van der Waals surface area contributed by atoms with Crippen molar-refractivity contribution in [3.63, 3.8) is 0 Å². The number of nitrogens with zero attached hydrogens (tertiary/aromatic N) is 5. The minimum absolute atomic E-state index is 0.0560. The van der Waals surface area contributed by atoms with Crippen LogP contribution in [0.5, 0.6) is 5.75 Å². The van der Waals surface area contributed by atoms with E-state index in [1.54, 1.807) is 28.0 Å². The van der Waals surface area contributed by atoms with Crippen LogP contribution in [-0.4, -0.2) is 82.8 Å². The maximum absolute atomic E-state index is 13.2. The molecule has 1 saturated heterocycles. The van der Waals surface area contributed by atoms with Crippen LogP contribution in [0.1, 0.15) is 33.6 Å². The molecule has 0 unspecified atom stereocenters. The Kier molecular flexibility index (Phi) is 8.83. The van der Waals surface area contributed by atoms with E-state index < -0.39 is 0 Å². The fourth-order valence-corrected chi connectivity index (χ4v) is 5.01. The van der Waals surface area contributed by atoms with Crippen LogP contribution in [0.2, 0.25) is 0 Å². The fourth-order valence-electron chi connectivity index (χ4n) is 5.01. The van der Waals surface area contributed by atoms with Gasteiger partial charge in [-0.2, -0.15) is 5.10 Å². The van der Waals surface area contributed by atoms with Crippen LogP contribution >= 0.6 is 0 Å². The Morgan fingerprint density at radius 3 is 2.40 bits per heavy atom. The first-order chi connectivity index (χ1) is 20.3. The number of nitrogens with one attached hydrogen (secondary N) is 1. The molecule has 3 heterocycles. The van der Waals surface area contributed by atoms with E-state index >= 15 is 0 Å². The third kappa shape index (κ3) is 6.95. The summed E-state index contributed by atoms with van der Waals surface area (Å²) < 4.78 is 7.51. The molecule has 0 spiro atoms. The van der Waals surface area contributed by atoms with E-state index in [0.29, 0.717) is 37.2 Å². The van der Waals surface area contributed by atoms with Crippen LogP contribution in [0, 0.1) is 0 Å². The molecule has 0 bridgehead atoms. The van der Waals surface area contributed by atoms with Crippen molar-refractivity contribution < 1.29 is 14.3 Å². The lowest BCUT2D eigenvalue weighted by Crippen LogP contribution is -2.38. The number of carbonyl (C=O) groups is 2. The molecule has 10 nitrogen and oxygen atoms in total. The first kappa shape index (κ1) is 28.8. The molecule has 1 atom stereocenters. The molecule has 0 radical (unpaired) electrons. The third-order valence-electron chi connectivity index (χ3n) is 7.35. The summed E-state index contributed by atoms with van der Waals surface area (Å²) in [6.07, 6.45) is 6.82. The predicted molar refractivity (Wildman–Crippen MR) is 163 cm³/mol. The summed E-state index contributed by atoms with van der Waals surface area (Å²) in [6.45, 7) is 2.66. The highest BCUT2D eigenvalue weighted by molar-refractivity contribution is 6.00. The van der Waals surface area contributed by atoms with Gasteiger partial charge in [0.05, 0.1) is 18.4 Å². The van der Waals surface area contributed by atoms with Gasteiger partial charge in [0.15, 0.2) is 0 Å². The largest absolute Gasteiger partial charge is 0.494 e. The number of nitrogens with two attached hydrogens (primary N) is 1. The van der Waals surface area contributed by atoms with Crippen molar-refractivity contribution in [3.05, 3.63) is 84.3 Å². The minimum Gasteiger partial charge on any atom is -0.494 e. The molecule has 2 aromatic heterocycles. The summed E-state index contributed by atoms with van der Waals surface area (Å²) in [5, 5.41) is 7.20. The Balaban J connectivity index is 1.15. The summed E-state index contributed by atoms with van der Waals surface area (Å²) in [5.41, 5.74) is 10.6. The van der Waals surface area contributed by atoms with Gasteiger partial charge in [0.1, 0.15) is 11.6 Å². The van der Waals surface area contributed by atoms with E-state index in [2.05, 4.69) is 34.4 Å². The zero-order valence-electron chi connectivity index (χ0n) is 24.3. The van der Waals surface area contributed by atoms with Gasteiger partial charge in [-0.05, 0) is 68.4 Å². The lowest BCUT2D eigenvalue weighted by molar-refractivity contribution is 0.0783. The molecule has 0 saturated carbocycles. The molecule has 2 amide bonds. The number of hydrogen-bond donors (Lipinski definition) is 2. The monoisotopic (exact) mass is 567 g/mol. The smallest absolute Gasteiger partial charge is 0.255 e. The topological polar surface area (TPSA) is 119 Å². The van der Waals surface area contributed by atoms with Gasteiger partial charge < -0.3 is 25.6 Å². The van der Waals surface area contributed by atoms with Crippen LogP contribution < -0.4 is 15.8 Å². The van der Waals surface area contributed by atoms with Crippen molar-refractivity contribution in [1.29, 1.82) is 0 Å². The summed E-state index contributed by atoms with van der Waals surface area (Å²) in [6, 6.07) is 17.2. The number of anilines is 1. The van der Waals surface area contributed by atoms with Crippen molar-refractivity contribution >= 4 is 17.6 Å². The zero-order valence-corrected chi connectivity index (χ0v) is 24.3. The van der Waals surface area contributed by atoms with E-state index in [9.17, 15) is 9.59 Å². The van der Waals surface area contributed by atoms with Gasteiger partial charge in [-0.15, -0.1) is 0 Å². The number of hydrogen-bond acceptors (Lipinski definition) is 7. The number of nitrogen functional groups attached to an aromatic ring is 1. The average Bonchev–Trinajstić information content (AvgIpc) is 3.64. The van der Waals surface area contributed by atoms with Gasteiger partial charge in [-0.25, -0.2) is 4.98 Å². The van der Waals surface area contributed by atoms with Gasteiger partial charge in [-0.1, -0.05) is 24.3 Å². The molecule has 1 aliphatic heterocycles. The molecular formula is C32H37N7O3. The molecule has 218 valence electrons. The molecular weight excluding hydrogens is 530 g/mol. The second-order valence-electron chi connectivity index (χ2n) is 10.9. The average molecular weight is 568 g/mol. The number of ether oxygens (including phenoxy) is 1. The highest BCUT2D eigenvalue weighted by Crippen LogP contribution is 2.25. The minimum atomic E-state index is -0.306. The molecule has 4 aromatic rings. The van der Waals surface area contributed by atoms with Crippen LogP contribution in [-0.2, 0) is 7.05 Å². The van der Waals surface area contributed by atoms with Crippen molar-refractivity contribution in [2.24, 2.45) is 7.05 Å². The Morgan fingerprint density at radius 1 is 1.02 bits per heavy atom. The number of carbonyl (C=O) groups excluding carboxylic acids is 2. The number of rotatable bonds is 10. The normalized spacial score (nSPS) is 14.8. The summed E-state index contributed by atoms with van der Waals surface area (Å²) in [4.78, 5) is 34.4. The van der Waals surface area contributed by atoms with E-state index in [4.69, 9.17) is 10.5 Å². The van der Waals surface area contributed by atoms with E-state index in [1.807, 2.05) is 61.8 Å². The summed E-state index contributed by atoms with van der Waals surface area (Å²) in [7, 11) is 5.93. The summed E-state index contributed by atoms with van der Waals surface area (Å²) in [5.74, 6) is 0.646. The van der Waals surface area contributed by atoms with Crippen LogP contribution in [0.3, 0.4) is 0 Å². The Bertz CT molecular complexity index is 1530. The molecule has 1 fully saturated rings. The lowest BCUT2D eigenvalue weighted by Gasteiger charge is -2.18. The molecule has 2 aromatic carbocycles. The predicted octanol–water partition coefficient (Wildman–Crippen LogP) is 3.71. The van der Waals surface area contributed by atoms with Gasteiger partial charge >= 0.3 is 0 Å². The van der Waals surface area contributed by atoms with Gasteiger partial charge in [-0.3, -0.25) is 14.3 Å². The van der Waals surface area contributed by atoms with Crippen molar-refractivity contribution in [1.82, 2.24) is 29.9 Å². The molecule has 1 aliphatic rings. The SMILES string of the molecule is CN(C)CCCOc1ccc(-c2ccc(C(=O)N3CC[C@@H](NC(=O)c4cc(-c5cnn(C)c5)cnc4N)C3)cc2)cc1. The number of aryl methyl sites for hydroxylation is 1. The first-order valence-corrected chi connectivity index (χ1v) is 14.1. The van der Waals surface area contributed by atoms with Crippen LogP contribution in [0.25, 0.3) is 22.3 Å². The van der Waals surface area contributed by atoms with Crippen molar-refractivity contribution in [2.45, 2.75) is 18.9 Å². The van der Waals surface area contributed by atoms with E-state index in [0.717, 1.165) is 41.0 Å². The lowest BCUT2D eigenvalue weighted by atomic mass is 10.0. The first-order valence-electron chi connectivity index (χ1n) is 14.1. The Morgan fingerprint density at radius 2 is 1.74 bits per heavy atom. The van der Waals surface area contributed by atoms with Gasteiger partial charge in [0.25, 0.3) is 11.8 Å². The highest BCUT2D eigenvalue weighted by atomic mass is 16.5. The number of pyridine rings is 1. The number of amides is 2. The zero-order chi connectivity index (χ0) is 29.6. The standard InChI is InChI=1S/C32H37N7O3/c1-37(2)14-4-16-42-28-11-9-23(10-12-28)22-5-7-24(8-6-22)32(41)39-15-13-27(21-39)36-31(40)29-17-25(18-34-30(29)33)26-19-35-38(3)20-26/h5-12,17-20,27H,4,13-16,21H2,1-3H3,(H2,33,34)(H,36,40)/t27-/m1/s1. The highest BCUT2D eigenvalue weighted by Gasteiger charge is 2.29. The maximum atomic E-state index is 13.2. The molecule has 10 heteroatoms. The number of likely N-dealkylation sites (tertiary alicyclic amines) is 1. The molecule has 0 aliphatic carbocycles. The fraction of sp³-hybridized carbons (Fsp3) is 0.312. The maximum Gasteiger partial charge on any atom is 0.255 e. The Hall–Kier alpha value is -4.70. The molecule has 42 heavy (non-hydrogen) atoms. The van der Waals surface area contributed by atoms with E-state index in [1.165, 1.54) is 0 Å². The quantitative estimate of drug-likeness (QED) is 0.281.